The van der Waals surface area contributed by atoms with E-state index in [1.807, 2.05) is 29.2 Å². The lowest BCUT2D eigenvalue weighted by Crippen LogP contribution is -2.56. The van der Waals surface area contributed by atoms with Crippen molar-refractivity contribution in [2.24, 2.45) is 11.8 Å². The van der Waals surface area contributed by atoms with E-state index in [4.69, 9.17) is 0 Å². The van der Waals surface area contributed by atoms with Gasteiger partial charge >= 0.3 is 0 Å². The van der Waals surface area contributed by atoms with Crippen molar-refractivity contribution in [1.29, 1.82) is 0 Å². The lowest BCUT2D eigenvalue weighted by atomic mass is 9.69. The van der Waals surface area contributed by atoms with Crippen LogP contribution in [-0.2, 0) is 0 Å². The second kappa shape index (κ2) is 10.6. The molecule has 3 heterocycles. The Morgan fingerprint density at radius 1 is 1.03 bits per heavy atom. The van der Waals surface area contributed by atoms with E-state index in [1.165, 1.54) is 31.2 Å². The molecule has 0 aliphatic carbocycles. The number of fused-ring (bicyclic) bond motifs is 2. The van der Waals surface area contributed by atoms with Crippen molar-refractivity contribution in [1.82, 2.24) is 9.80 Å². The smallest absolute Gasteiger partial charge is 0.253 e. The molecule has 3 aliphatic rings. The van der Waals surface area contributed by atoms with E-state index in [0.29, 0.717) is 23.8 Å². The highest BCUT2D eigenvalue weighted by Gasteiger charge is 2.42. The van der Waals surface area contributed by atoms with E-state index < -0.39 is 0 Å². The van der Waals surface area contributed by atoms with Crippen LogP contribution in [0.15, 0.2) is 61.2 Å². The van der Waals surface area contributed by atoms with Crippen LogP contribution in [0, 0.1) is 11.8 Å². The predicted molar refractivity (Wildman–Crippen MR) is 142 cm³/mol. The molecule has 0 saturated carbocycles. The largest absolute Gasteiger partial charge is 0.508 e. The third-order valence-electron chi connectivity index (χ3n) is 8.91. The van der Waals surface area contributed by atoms with Gasteiger partial charge in [0.2, 0.25) is 0 Å². The van der Waals surface area contributed by atoms with Crippen LogP contribution in [-0.4, -0.2) is 52.5 Å². The van der Waals surface area contributed by atoms with Gasteiger partial charge in [-0.05, 0) is 92.2 Å². The monoisotopic (exact) mass is 472 g/mol. The fourth-order valence-electron chi connectivity index (χ4n) is 7.06. The third-order valence-corrected chi connectivity index (χ3v) is 8.91. The Kier molecular flexibility index (Phi) is 7.29. The number of carbonyl (C=O) groups is 1. The molecule has 4 heteroatoms. The molecule has 0 spiro atoms. The van der Waals surface area contributed by atoms with Gasteiger partial charge in [0.15, 0.2) is 0 Å². The van der Waals surface area contributed by atoms with Gasteiger partial charge in [0.25, 0.3) is 5.91 Å². The quantitative estimate of drug-likeness (QED) is 0.487. The number of phenols is 1. The summed E-state index contributed by atoms with van der Waals surface area (Å²) in [5.74, 6) is 2.03. The fraction of sp³-hybridized carbons (Fsp3) is 0.516. The molecular weight excluding hydrogens is 432 g/mol. The molecule has 3 fully saturated rings. The molecule has 5 rings (SSSR count). The van der Waals surface area contributed by atoms with E-state index in [2.05, 4.69) is 42.7 Å². The summed E-state index contributed by atoms with van der Waals surface area (Å²) in [4.78, 5) is 17.6. The summed E-state index contributed by atoms with van der Waals surface area (Å²) in [6, 6.07) is 17.3. The number of benzene rings is 2. The molecule has 0 radical (unpaired) electrons. The van der Waals surface area contributed by atoms with Crippen molar-refractivity contribution in [3.63, 3.8) is 0 Å². The van der Waals surface area contributed by atoms with E-state index in [1.54, 1.807) is 6.07 Å². The summed E-state index contributed by atoms with van der Waals surface area (Å²) < 4.78 is 0. The summed E-state index contributed by atoms with van der Waals surface area (Å²) in [6.07, 6.45) is 10.4. The predicted octanol–water partition coefficient (Wildman–Crippen LogP) is 6.22. The number of aromatic hydroxyl groups is 1. The first kappa shape index (κ1) is 24.1. The zero-order valence-corrected chi connectivity index (χ0v) is 21.1. The van der Waals surface area contributed by atoms with Crippen LogP contribution in [0.5, 0.6) is 5.75 Å². The van der Waals surface area contributed by atoms with E-state index >= 15 is 0 Å². The Labute approximate surface area is 210 Å². The number of piperidine rings is 2. The minimum absolute atomic E-state index is 0.151. The summed E-state index contributed by atoms with van der Waals surface area (Å²) in [6.45, 7) is 9.18. The number of phenolic OH excluding ortho intramolecular Hbond substituents is 1. The Bertz CT molecular complexity index is 1030. The van der Waals surface area contributed by atoms with Crippen molar-refractivity contribution in [3.8, 4) is 5.75 Å². The van der Waals surface area contributed by atoms with E-state index in [-0.39, 0.29) is 11.8 Å². The molecule has 186 valence electrons. The molecule has 3 aliphatic heterocycles. The lowest BCUT2D eigenvalue weighted by Gasteiger charge is -2.53. The van der Waals surface area contributed by atoms with Crippen molar-refractivity contribution in [2.45, 2.75) is 69.9 Å². The molecule has 2 aromatic carbocycles. The highest BCUT2D eigenvalue weighted by atomic mass is 16.3. The van der Waals surface area contributed by atoms with Crippen molar-refractivity contribution in [3.05, 3.63) is 77.9 Å². The van der Waals surface area contributed by atoms with Gasteiger partial charge < -0.3 is 10.0 Å². The summed E-state index contributed by atoms with van der Waals surface area (Å²) in [5, 5.41) is 10.3. The zero-order valence-electron chi connectivity index (χ0n) is 21.1. The normalized spacial score (nSPS) is 27.5. The second-order valence-electron chi connectivity index (χ2n) is 11.0. The van der Waals surface area contributed by atoms with Gasteiger partial charge in [-0.25, -0.2) is 0 Å². The number of rotatable bonds is 7. The number of hydrogen-bond donors (Lipinski definition) is 1. The highest BCUT2D eigenvalue weighted by molar-refractivity contribution is 5.94. The van der Waals surface area contributed by atoms with E-state index in [0.717, 1.165) is 55.9 Å². The first-order chi connectivity index (χ1) is 17.0. The topological polar surface area (TPSA) is 43.8 Å². The van der Waals surface area contributed by atoms with Crippen molar-refractivity contribution in [2.75, 3.05) is 19.6 Å². The average molecular weight is 473 g/mol. The maximum atomic E-state index is 12.9. The van der Waals surface area contributed by atoms with Crippen molar-refractivity contribution >= 4 is 5.91 Å². The summed E-state index contributed by atoms with van der Waals surface area (Å²) in [5.41, 5.74) is 3.17. The standard InChI is InChI=1S/C31H40N2O2/c1-3-17-33-29-16-14-26(30(33)15-9-22(29)2)21-28(25-7-6-8-27(34)20-25)23-10-12-24(13-11-23)31(35)32-18-4-5-19-32/h3,6-8,10-13,20,22,26,28-30,34H,1,4-5,9,14-19,21H2,2H3. The third kappa shape index (κ3) is 5.04. The second-order valence-corrected chi connectivity index (χ2v) is 11.0. The maximum absolute atomic E-state index is 12.9. The van der Waals surface area contributed by atoms with Crippen LogP contribution in [0.25, 0.3) is 0 Å². The van der Waals surface area contributed by atoms with Crippen LogP contribution in [0.3, 0.4) is 0 Å². The Morgan fingerprint density at radius 2 is 1.77 bits per heavy atom. The van der Waals surface area contributed by atoms with Crippen LogP contribution in [0.2, 0.25) is 0 Å². The highest BCUT2D eigenvalue weighted by Crippen LogP contribution is 2.45. The molecule has 2 aromatic rings. The molecule has 4 nitrogen and oxygen atoms in total. The molecule has 5 atom stereocenters. The molecular formula is C31H40N2O2. The van der Waals surface area contributed by atoms with Crippen LogP contribution < -0.4 is 0 Å². The number of nitrogens with zero attached hydrogens (tertiary/aromatic N) is 2. The van der Waals surface area contributed by atoms with Crippen LogP contribution in [0.1, 0.15) is 79.3 Å². The average Bonchev–Trinajstić information content (AvgIpc) is 3.41. The number of hydrogen-bond acceptors (Lipinski definition) is 3. The molecule has 5 unspecified atom stereocenters. The Hall–Kier alpha value is -2.59. The first-order valence-electron chi connectivity index (χ1n) is 13.6. The number of amides is 1. The summed E-state index contributed by atoms with van der Waals surface area (Å²) >= 11 is 0. The van der Waals surface area contributed by atoms with Gasteiger partial charge in [-0.15, -0.1) is 6.58 Å². The van der Waals surface area contributed by atoms with Crippen LogP contribution >= 0.6 is 0 Å². The van der Waals surface area contributed by atoms with Gasteiger partial charge in [0.1, 0.15) is 5.75 Å². The SMILES string of the molecule is C=CCN1C2CCC(CC(c3ccc(C(=O)N4CCCC4)cc3)c3cccc(O)c3)C1CCC2C. The molecule has 35 heavy (non-hydrogen) atoms. The number of likely N-dealkylation sites (tertiary alicyclic amines) is 1. The number of carbonyl (C=O) groups excluding carboxylic acids is 1. The van der Waals surface area contributed by atoms with Gasteiger partial charge in [0, 0.05) is 43.2 Å². The fourth-order valence-corrected chi connectivity index (χ4v) is 7.06. The maximum Gasteiger partial charge on any atom is 0.253 e. The molecule has 0 aromatic heterocycles. The van der Waals surface area contributed by atoms with Gasteiger partial charge in [0.05, 0.1) is 0 Å². The Morgan fingerprint density at radius 3 is 2.49 bits per heavy atom. The zero-order chi connectivity index (χ0) is 24.4. The van der Waals surface area contributed by atoms with Crippen molar-refractivity contribution < 1.29 is 9.90 Å². The molecule has 1 amide bonds. The van der Waals surface area contributed by atoms with Gasteiger partial charge in [-0.1, -0.05) is 37.3 Å². The lowest BCUT2D eigenvalue weighted by molar-refractivity contribution is -0.0216. The van der Waals surface area contributed by atoms with E-state index in [9.17, 15) is 9.90 Å². The minimum atomic E-state index is 0.151. The van der Waals surface area contributed by atoms with Gasteiger partial charge in [-0.2, -0.15) is 0 Å². The minimum Gasteiger partial charge on any atom is -0.508 e. The van der Waals surface area contributed by atoms with Gasteiger partial charge in [-0.3, -0.25) is 9.69 Å². The first-order valence-corrected chi connectivity index (χ1v) is 13.6. The van der Waals surface area contributed by atoms with Crippen LogP contribution in [0.4, 0.5) is 0 Å². The molecule has 2 bridgehead atoms. The molecule has 1 N–H and O–H groups in total. The Balaban J connectivity index is 1.41. The summed E-state index contributed by atoms with van der Waals surface area (Å²) in [7, 11) is 0. The molecule has 3 saturated heterocycles.